The van der Waals surface area contributed by atoms with Crippen LogP contribution in [0, 0.1) is 0 Å². The third kappa shape index (κ3) is 2.25. The van der Waals surface area contributed by atoms with E-state index in [1.165, 1.54) is 13.3 Å². The van der Waals surface area contributed by atoms with Crippen LogP contribution in [0.2, 0.25) is 0 Å². The van der Waals surface area contributed by atoms with Crippen molar-refractivity contribution in [1.82, 2.24) is 14.5 Å². The maximum atomic E-state index is 11.3. The Morgan fingerprint density at radius 1 is 1.20 bits per heavy atom. The summed E-state index contributed by atoms with van der Waals surface area (Å²) in [5, 5.41) is 0. The second-order valence-electron chi connectivity index (χ2n) is 4.39. The van der Waals surface area contributed by atoms with Crippen LogP contribution in [0.15, 0.2) is 48.9 Å². The van der Waals surface area contributed by atoms with Crippen molar-refractivity contribution in [2.75, 3.05) is 7.11 Å². The first-order chi connectivity index (χ1) is 9.78. The maximum Gasteiger partial charge on any atom is 0.339 e. The molecule has 0 spiro atoms. The number of benzene rings is 1. The highest BCUT2D eigenvalue weighted by Crippen LogP contribution is 2.13. The van der Waals surface area contributed by atoms with Crippen LogP contribution in [0.25, 0.3) is 11.0 Å². The van der Waals surface area contributed by atoms with Gasteiger partial charge in [0.2, 0.25) is 0 Å². The predicted molar refractivity (Wildman–Crippen MR) is 74.4 cm³/mol. The van der Waals surface area contributed by atoms with E-state index in [0.717, 1.165) is 16.7 Å². The van der Waals surface area contributed by atoms with Crippen molar-refractivity contribution in [2.24, 2.45) is 0 Å². The fourth-order valence-corrected chi connectivity index (χ4v) is 2.07. The molecule has 1 aromatic carbocycles. The van der Waals surface area contributed by atoms with E-state index in [0.29, 0.717) is 12.1 Å². The van der Waals surface area contributed by atoms with E-state index in [4.69, 9.17) is 0 Å². The van der Waals surface area contributed by atoms with Gasteiger partial charge in [0, 0.05) is 6.20 Å². The Morgan fingerprint density at radius 3 is 2.80 bits per heavy atom. The van der Waals surface area contributed by atoms with Crippen molar-refractivity contribution in [3.8, 4) is 0 Å². The molecular weight excluding hydrogens is 254 g/mol. The zero-order chi connectivity index (χ0) is 13.9. The monoisotopic (exact) mass is 267 g/mol. The van der Waals surface area contributed by atoms with Crippen molar-refractivity contribution in [1.29, 1.82) is 0 Å². The SMILES string of the molecule is COC(=O)c1ccc(Cn2cnc3ccccc32)nc1. The summed E-state index contributed by atoms with van der Waals surface area (Å²) in [5.74, 6) is -0.378. The van der Waals surface area contributed by atoms with Gasteiger partial charge in [-0.25, -0.2) is 9.78 Å². The summed E-state index contributed by atoms with van der Waals surface area (Å²) in [4.78, 5) is 20.0. The Balaban J connectivity index is 1.86. The largest absolute Gasteiger partial charge is 0.465 e. The molecule has 100 valence electrons. The number of esters is 1. The van der Waals surface area contributed by atoms with Crippen molar-refractivity contribution in [3.63, 3.8) is 0 Å². The summed E-state index contributed by atoms with van der Waals surface area (Å²) < 4.78 is 6.67. The van der Waals surface area contributed by atoms with Crippen LogP contribution >= 0.6 is 0 Å². The minimum absolute atomic E-state index is 0.378. The van der Waals surface area contributed by atoms with Crippen LogP contribution in [0.4, 0.5) is 0 Å². The minimum atomic E-state index is -0.378. The van der Waals surface area contributed by atoms with Crippen molar-refractivity contribution >= 4 is 17.0 Å². The number of rotatable bonds is 3. The molecule has 2 aromatic heterocycles. The van der Waals surface area contributed by atoms with Crippen molar-refractivity contribution in [2.45, 2.75) is 6.54 Å². The molecule has 5 nitrogen and oxygen atoms in total. The van der Waals surface area contributed by atoms with Gasteiger partial charge >= 0.3 is 5.97 Å². The van der Waals surface area contributed by atoms with Gasteiger partial charge in [-0.1, -0.05) is 12.1 Å². The summed E-state index contributed by atoms with van der Waals surface area (Å²) >= 11 is 0. The molecule has 0 amide bonds. The number of imidazole rings is 1. The van der Waals surface area contributed by atoms with E-state index in [-0.39, 0.29) is 5.97 Å². The lowest BCUT2D eigenvalue weighted by atomic mass is 10.2. The molecule has 0 aliphatic carbocycles. The smallest absolute Gasteiger partial charge is 0.339 e. The Labute approximate surface area is 115 Å². The van der Waals surface area contributed by atoms with Crippen LogP contribution in [0.3, 0.4) is 0 Å². The summed E-state index contributed by atoms with van der Waals surface area (Å²) in [5.41, 5.74) is 3.33. The molecule has 0 saturated heterocycles. The quantitative estimate of drug-likeness (QED) is 0.683. The van der Waals surface area contributed by atoms with Crippen LogP contribution in [-0.2, 0) is 11.3 Å². The normalized spacial score (nSPS) is 10.7. The Kier molecular flexibility index (Phi) is 3.16. The molecule has 3 rings (SSSR count). The zero-order valence-corrected chi connectivity index (χ0v) is 11.0. The highest BCUT2D eigenvalue weighted by Gasteiger charge is 2.07. The number of aromatic nitrogens is 3. The standard InChI is InChI=1S/C15H13N3O2/c1-20-15(19)11-6-7-12(16-8-11)9-18-10-17-13-4-2-3-5-14(13)18/h2-8,10H,9H2,1H3. The second kappa shape index (κ2) is 5.13. The number of ether oxygens (including phenoxy) is 1. The molecule has 0 saturated carbocycles. The first kappa shape index (κ1) is 12.3. The minimum Gasteiger partial charge on any atom is -0.465 e. The highest BCUT2D eigenvalue weighted by molar-refractivity contribution is 5.88. The second-order valence-corrected chi connectivity index (χ2v) is 4.39. The highest BCUT2D eigenvalue weighted by atomic mass is 16.5. The lowest BCUT2D eigenvalue weighted by Crippen LogP contribution is -2.04. The number of pyridine rings is 1. The first-order valence-corrected chi connectivity index (χ1v) is 6.21. The van der Waals surface area contributed by atoms with Gasteiger partial charge in [0.15, 0.2) is 0 Å². The van der Waals surface area contributed by atoms with Gasteiger partial charge in [-0.3, -0.25) is 4.98 Å². The molecule has 0 aliphatic rings. The van der Waals surface area contributed by atoms with Gasteiger partial charge in [0.05, 0.1) is 42.3 Å². The molecule has 0 N–H and O–H groups in total. The van der Waals surface area contributed by atoms with E-state index in [1.54, 1.807) is 12.4 Å². The zero-order valence-electron chi connectivity index (χ0n) is 11.0. The van der Waals surface area contributed by atoms with Gasteiger partial charge in [0.25, 0.3) is 0 Å². The molecule has 5 heteroatoms. The number of hydrogen-bond donors (Lipinski definition) is 0. The van der Waals surface area contributed by atoms with Crippen molar-refractivity contribution < 1.29 is 9.53 Å². The lowest BCUT2D eigenvalue weighted by Gasteiger charge is -2.04. The number of hydrogen-bond acceptors (Lipinski definition) is 4. The van der Waals surface area contributed by atoms with Crippen molar-refractivity contribution in [3.05, 3.63) is 60.2 Å². The molecule has 0 atom stereocenters. The molecule has 0 aliphatic heterocycles. The maximum absolute atomic E-state index is 11.3. The Bertz CT molecular complexity index is 747. The van der Waals surface area contributed by atoms with Crippen LogP contribution in [0.5, 0.6) is 0 Å². The van der Waals surface area contributed by atoms with E-state index in [9.17, 15) is 4.79 Å². The number of carbonyl (C=O) groups is 1. The van der Waals surface area contributed by atoms with E-state index < -0.39 is 0 Å². The summed E-state index contributed by atoms with van der Waals surface area (Å²) in [6, 6.07) is 11.5. The van der Waals surface area contributed by atoms with Gasteiger partial charge in [0.1, 0.15) is 0 Å². The van der Waals surface area contributed by atoms with E-state index >= 15 is 0 Å². The average molecular weight is 267 g/mol. The van der Waals surface area contributed by atoms with Crippen LogP contribution < -0.4 is 0 Å². The molecule has 20 heavy (non-hydrogen) atoms. The van der Waals surface area contributed by atoms with Gasteiger partial charge in [-0.2, -0.15) is 0 Å². The molecule has 0 radical (unpaired) electrons. The Hall–Kier alpha value is -2.69. The van der Waals surface area contributed by atoms with Crippen LogP contribution in [-0.4, -0.2) is 27.6 Å². The molecule has 2 heterocycles. The number of methoxy groups -OCH3 is 1. The topological polar surface area (TPSA) is 57.0 Å². The fraction of sp³-hybridized carbons (Fsp3) is 0.133. The van der Waals surface area contributed by atoms with Gasteiger partial charge < -0.3 is 9.30 Å². The molecule has 3 aromatic rings. The summed E-state index contributed by atoms with van der Waals surface area (Å²) in [6.07, 6.45) is 3.32. The molecular formula is C15H13N3O2. The van der Waals surface area contributed by atoms with Gasteiger partial charge in [-0.15, -0.1) is 0 Å². The first-order valence-electron chi connectivity index (χ1n) is 6.21. The molecule has 0 unspecified atom stereocenters. The molecule has 0 bridgehead atoms. The van der Waals surface area contributed by atoms with Crippen LogP contribution in [0.1, 0.15) is 16.1 Å². The Morgan fingerprint density at radius 2 is 2.05 bits per heavy atom. The summed E-state index contributed by atoms with van der Waals surface area (Å²) in [7, 11) is 1.36. The predicted octanol–water partition coefficient (Wildman–Crippen LogP) is 2.27. The van der Waals surface area contributed by atoms with E-state index in [2.05, 4.69) is 14.7 Å². The van der Waals surface area contributed by atoms with Gasteiger partial charge in [-0.05, 0) is 24.3 Å². The number of nitrogens with zero attached hydrogens (tertiary/aromatic N) is 3. The third-order valence-electron chi connectivity index (χ3n) is 3.11. The van der Waals surface area contributed by atoms with E-state index in [1.807, 2.05) is 34.9 Å². The third-order valence-corrected chi connectivity index (χ3v) is 3.11. The lowest BCUT2D eigenvalue weighted by molar-refractivity contribution is 0.0600. The summed E-state index contributed by atoms with van der Waals surface area (Å²) in [6.45, 7) is 0.613. The molecule has 0 fully saturated rings. The number of fused-ring (bicyclic) bond motifs is 1. The number of para-hydroxylation sites is 2. The fourth-order valence-electron chi connectivity index (χ4n) is 2.07. The number of carbonyl (C=O) groups excluding carboxylic acids is 1. The average Bonchev–Trinajstić information content (AvgIpc) is 2.91.